The van der Waals surface area contributed by atoms with Crippen molar-refractivity contribution < 1.29 is 9.84 Å². The van der Waals surface area contributed by atoms with E-state index in [9.17, 15) is 5.11 Å². The molecule has 0 aliphatic heterocycles. The highest BCUT2D eigenvalue weighted by molar-refractivity contribution is 5.24. The van der Waals surface area contributed by atoms with E-state index in [-0.39, 0.29) is 6.10 Å². The van der Waals surface area contributed by atoms with E-state index in [2.05, 4.69) is 0 Å². The maximum Gasteiger partial charge on any atom is 0.112 e. The molecule has 2 aromatic carbocycles. The van der Waals surface area contributed by atoms with Gasteiger partial charge in [-0.2, -0.15) is 0 Å². The standard InChI is InChI=1S/C15H16O2/c1-17-15(13-10-6-3-7-11-13)14(16)12-8-4-2-5-9-12/h2-11,14-16H,1H3/t14?,15-/m0/s1. The van der Waals surface area contributed by atoms with Crippen LogP contribution in [0.15, 0.2) is 60.7 Å². The molecule has 0 aliphatic rings. The first kappa shape index (κ1) is 11.8. The van der Waals surface area contributed by atoms with Crippen molar-refractivity contribution in [2.45, 2.75) is 12.2 Å². The molecule has 1 unspecified atom stereocenters. The summed E-state index contributed by atoms with van der Waals surface area (Å²) >= 11 is 0. The maximum atomic E-state index is 10.3. The van der Waals surface area contributed by atoms with Gasteiger partial charge in [0.25, 0.3) is 0 Å². The highest BCUT2D eigenvalue weighted by Gasteiger charge is 2.21. The SMILES string of the molecule is CO[C@@H](c1ccccc1)C(O)c1ccccc1. The predicted molar refractivity (Wildman–Crippen MR) is 67.6 cm³/mol. The molecule has 1 N–H and O–H groups in total. The summed E-state index contributed by atoms with van der Waals surface area (Å²) < 4.78 is 5.40. The van der Waals surface area contributed by atoms with Gasteiger partial charge in [-0.15, -0.1) is 0 Å². The number of hydrogen-bond donors (Lipinski definition) is 1. The van der Waals surface area contributed by atoms with Crippen molar-refractivity contribution in [3.05, 3.63) is 71.8 Å². The lowest BCUT2D eigenvalue weighted by molar-refractivity contribution is -0.0149. The molecule has 0 bridgehead atoms. The molecule has 0 amide bonds. The van der Waals surface area contributed by atoms with Crippen LogP contribution in [0.3, 0.4) is 0 Å². The van der Waals surface area contributed by atoms with Gasteiger partial charge in [-0.1, -0.05) is 60.7 Å². The monoisotopic (exact) mass is 228 g/mol. The average molecular weight is 228 g/mol. The highest BCUT2D eigenvalue weighted by atomic mass is 16.5. The van der Waals surface area contributed by atoms with E-state index in [1.807, 2.05) is 60.7 Å². The van der Waals surface area contributed by atoms with Crippen LogP contribution in [0.1, 0.15) is 23.3 Å². The van der Waals surface area contributed by atoms with Crippen molar-refractivity contribution in [2.75, 3.05) is 7.11 Å². The van der Waals surface area contributed by atoms with Crippen LogP contribution in [0.5, 0.6) is 0 Å². The fourth-order valence-electron chi connectivity index (χ4n) is 1.91. The lowest BCUT2D eigenvalue weighted by atomic mass is 9.98. The van der Waals surface area contributed by atoms with E-state index in [1.165, 1.54) is 0 Å². The fourth-order valence-corrected chi connectivity index (χ4v) is 1.91. The Hall–Kier alpha value is -1.64. The number of rotatable bonds is 4. The summed E-state index contributed by atoms with van der Waals surface area (Å²) in [6, 6.07) is 19.3. The van der Waals surface area contributed by atoms with Gasteiger partial charge in [0.1, 0.15) is 12.2 Å². The fraction of sp³-hybridized carbons (Fsp3) is 0.200. The first-order valence-electron chi connectivity index (χ1n) is 5.63. The number of benzene rings is 2. The molecule has 2 rings (SSSR count). The minimum atomic E-state index is -0.649. The van der Waals surface area contributed by atoms with Crippen molar-refractivity contribution in [1.29, 1.82) is 0 Å². The Labute approximate surface area is 101 Å². The van der Waals surface area contributed by atoms with E-state index in [0.717, 1.165) is 11.1 Å². The normalized spacial score (nSPS) is 14.2. The molecule has 0 saturated heterocycles. The molecule has 17 heavy (non-hydrogen) atoms. The quantitative estimate of drug-likeness (QED) is 0.871. The Morgan fingerprint density at radius 2 is 1.29 bits per heavy atom. The van der Waals surface area contributed by atoms with Gasteiger partial charge in [-0.3, -0.25) is 0 Å². The molecule has 0 spiro atoms. The summed E-state index contributed by atoms with van der Waals surface area (Å²) in [5, 5.41) is 10.3. The van der Waals surface area contributed by atoms with Crippen LogP contribution < -0.4 is 0 Å². The minimum absolute atomic E-state index is 0.335. The summed E-state index contributed by atoms with van der Waals surface area (Å²) in [5.41, 5.74) is 1.84. The third kappa shape index (κ3) is 2.73. The second kappa shape index (κ2) is 5.62. The van der Waals surface area contributed by atoms with Crippen LogP contribution in [0, 0.1) is 0 Å². The van der Waals surface area contributed by atoms with Crippen LogP contribution in [-0.4, -0.2) is 12.2 Å². The molecule has 2 nitrogen and oxygen atoms in total. The van der Waals surface area contributed by atoms with E-state index < -0.39 is 6.10 Å². The Bertz CT molecular complexity index is 439. The topological polar surface area (TPSA) is 29.5 Å². The number of aliphatic hydroxyl groups is 1. The Morgan fingerprint density at radius 1 is 0.824 bits per heavy atom. The number of methoxy groups -OCH3 is 1. The van der Waals surface area contributed by atoms with Crippen LogP contribution in [0.2, 0.25) is 0 Å². The second-order valence-corrected chi connectivity index (χ2v) is 3.92. The zero-order chi connectivity index (χ0) is 12.1. The first-order chi connectivity index (χ1) is 8.33. The third-order valence-electron chi connectivity index (χ3n) is 2.81. The molecular formula is C15H16O2. The first-order valence-corrected chi connectivity index (χ1v) is 5.63. The molecule has 2 atom stereocenters. The molecule has 0 heterocycles. The molecule has 0 radical (unpaired) electrons. The van der Waals surface area contributed by atoms with Crippen molar-refractivity contribution >= 4 is 0 Å². The number of aliphatic hydroxyl groups excluding tert-OH is 1. The van der Waals surface area contributed by atoms with Gasteiger partial charge in [0, 0.05) is 7.11 Å². The number of ether oxygens (including phenoxy) is 1. The molecule has 88 valence electrons. The van der Waals surface area contributed by atoms with E-state index in [4.69, 9.17) is 4.74 Å². The van der Waals surface area contributed by atoms with E-state index >= 15 is 0 Å². The summed E-state index contributed by atoms with van der Waals surface area (Å²) in [7, 11) is 1.61. The van der Waals surface area contributed by atoms with Gasteiger partial charge < -0.3 is 9.84 Å². The van der Waals surface area contributed by atoms with Crippen molar-refractivity contribution in [3.63, 3.8) is 0 Å². The molecule has 0 aromatic heterocycles. The predicted octanol–water partition coefficient (Wildman–Crippen LogP) is 3.11. The lowest BCUT2D eigenvalue weighted by Crippen LogP contribution is -2.12. The van der Waals surface area contributed by atoms with Crippen LogP contribution >= 0.6 is 0 Å². The highest BCUT2D eigenvalue weighted by Crippen LogP contribution is 2.30. The van der Waals surface area contributed by atoms with Crippen LogP contribution in [0.4, 0.5) is 0 Å². The Balaban J connectivity index is 2.25. The van der Waals surface area contributed by atoms with Crippen molar-refractivity contribution in [1.82, 2.24) is 0 Å². The van der Waals surface area contributed by atoms with Gasteiger partial charge in [-0.25, -0.2) is 0 Å². The maximum absolute atomic E-state index is 10.3. The summed E-state index contributed by atoms with van der Waals surface area (Å²) in [6.07, 6.45) is -0.984. The van der Waals surface area contributed by atoms with Gasteiger partial charge in [0.15, 0.2) is 0 Å². The number of hydrogen-bond acceptors (Lipinski definition) is 2. The molecule has 0 fully saturated rings. The van der Waals surface area contributed by atoms with Gasteiger partial charge in [0.05, 0.1) is 0 Å². The molecule has 2 heteroatoms. The second-order valence-electron chi connectivity index (χ2n) is 3.92. The van der Waals surface area contributed by atoms with Gasteiger partial charge >= 0.3 is 0 Å². The Kier molecular flexibility index (Phi) is 3.91. The van der Waals surface area contributed by atoms with Gasteiger partial charge in [0.2, 0.25) is 0 Å². The Morgan fingerprint density at radius 3 is 1.76 bits per heavy atom. The van der Waals surface area contributed by atoms with E-state index in [0.29, 0.717) is 0 Å². The largest absolute Gasteiger partial charge is 0.385 e. The van der Waals surface area contributed by atoms with Crippen molar-refractivity contribution in [3.8, 4) is 0 Å². The molecule has 2 aromatic rings. The van der Waals surface area contributed by atoms with Crippen LogP contribution in [-0.2, 0) is 4.74 Å². The zero-order valence-electron chi connectivity index (χ0n) is 9.78. The van der Waals surface area contributed by atoms with Crippen LogP contribution in [0.25, 0.3) is 0 Å². The smallest absolute Gasteiger partial charge is 0.112 e. The summed E-state index contributed by atoms with van der Waals surface area (Å²) in [6.45, 7) is 0. The summed E-state index contributed by atoms with van der Waals surface area (Å²) in [4.78, 5) is 0. The molecule has 0 aliphatic carbocycles. The van der Waals surface area contributed by atoms with Gasteiger partial charge in [-0.05, 0) is 11.1 Å². The summed E-state index contributed by atoms with van der Waals surface area (Å²) in [5.74, 6) is 0. The molecular weight excluding hydrogens is 212 g/mol. The average Bonchev–Trinajstić information content (AvgIpc) is 2.42. The molecule has 0 saturated carbocycles. The lowest BCUT2D eigenvalue weighted by Gasteiger charge is -2.22. The van der Waals surface area contributed by atoms with E-state index in [1.54, 1.807) is 7.11 Å². The minimum Gasteiger partial charge on any atom is -0.385 e. The zero-order valence-corrected chi connectivity index (χ0v) is 9.78. The van der Waals surface area contributed by atoms with Crippen molar-refractivity contribution in [2.24, 2.45) is 0 Å². The third-order valence-corrected chi connectivity index (χ3v) is 2.81.